The minimum atomic E-state index is -0.0624. The Hall–Kier alpha value is -1.87. The molecular formula is C15H14N2O2S. The van der Waals surface area contributed by atoms with E-state index in [4.69, 9.17) is 15.9 Å². The number of hydrogen-bond acceptors (Lipinski definition) is 5. The minimum absolute atomic E-state index is 0.0624. The molecule has 0 saturated carbocycles. The summed E-state index contributed by atoms with van der Waals surface area (Å²) >= 11 is 1.54. The summed E-state index contributed by atoms with van der Waals surface area (Å²) in [6.45, 7) is 1.84. The van der Waals surface area contributed by atoms with Gasteiger partial charge in [0.25, 0.3) is 0 Å². The largest absolute Gasteiger partial charge is 0.376 e. The zero-order valence-electron chi connectivity index (χ0n) is 10.8. The number of anilines is 2. The number of thiazole rings is 1. The van der Waals surface area contributed by atoms with Crippen molar-refractivity contribution in [2.24, 2.45) is 0 Å². The first-order chi connectivity index (χ1) is 9.85. The van der Waals surface area contributed by atoms with Gasteiger partial charge in [0.2, 0.25) is 0 Å². The molecule has 1 aliphatic rings. The van der Waals surface area contributed by atoms with Crippen molar-refractivity contribution < 1.29 is 9.47 Å². The lowest BCUT2D eigenvalue weighted by Crippen LogP contribution is -2.22. The van der Waals surface area contributed by atoms with Crippen molar-refractivity contribution in [3.63, 3.8) is 0 Å². The normalized spacial score (nSPS) is 18.4. The van der Waals surface area contributed by atoms with Crippen LogP contribution in [0.25, 0.3) is 0 Å². The van der Waals surface area contributed by atoms with Gasteiger partial charge in [-0.15, -0.1) is 17.8 Å². The van der Waals surface area contributed by atoms with Crippen LogP contribution < -0.4 is 5.32 Å². The highest BCUT2D eigenvalue weighted by Crippen LogP contribution is 2.27. The standard InChI is InChI=1S/C15H14N2O2S/c1-2-11-4-3-5-12(8-11)16-15-17-13(10-20-15)14-9-18-6-7-19-14/h1,3-5,8,10,14H,6-7,9H2,(H,16,17). The van der Waals surface area contributed by atoms with E-state index in [-0.39, 0.29) is 6.10 Å². The van der Waals surface area contributed by atoms with E-state index < -0.39 is 0 Å². The molecule has 4 nitrogen and oxygen atoms in total. The van der Waals surface area contributed by atoms with Crippen LogP contribution in [0, 0.1) is 12.3 Å². The number of nitrogens with one attached hydrogen (secondary N) is 1. The number of aromatic nitrogens is 1. The van der Waals surface area contributed by atoms with E-state index in [1.165, 1.54) is 0 Å². The van der Waals surface area contributed by atoms with Crippen LogP contribution >= 0.6 is 11.3 Å². The van der Waals surface area contributed by atoms with Crippen molar-refractivity contribution in [3.05, 3.63) is 40.9 Å². The molecule has 20 heavy (non-hydrogen) atoms. The smallest absolute Gasteiger partial charge is 0.187 e. The number of terminal acetylenes is 1. The molecule has 1 N–H and O–H groups in total. The SMILES string of the molecule is C#Cc1cccc(Nc2nc(C3COCCO3)cs2)c1. The van der Waals surface area contributed by atoms with Gasteiger partial charge in [0.1, 0.15) is 6.10 Å². The second kappa shape index (κ2) is 6.06. The van der Waals surface area contributed by atoms with Crippen LogP contribution in [0.15, 0.2) is 29.6 Å². The molecule has 0 bridgehead atoms. The molecule has 2 heterocycles. The van der Waals surface area contributed by atoms with E-state index in [1.807, 2.05) is 29.6 Å². The average molecular weight is 286 g/mol. The van der Waals surface area contributed by atoms with Gasteiger partial charge in [-0.1, -0.05) is 12.0 Å². The fourth-order valence-corrected chi connectivity index (χ4v) is 2.73. The Morgan fingerprint density at radius 2 is 2.35 bits per heavy atom. The summed E-state index contributed by atoms with van der Waals surface area (Å²) < 4.78 is 11.0. The Labute approximate surface area is 121 Å². The molecule has 0 radical (unpaired) electrons. The van der Waals surface area contributed by atoms with E-state index in [0.717, 1.165) is 22.1 Å². The number of benzene rings is 1. The van der Waals surface area contributed by atoms with Crippen molar-refractivity contribution in [1.82, 2.24) is 4.98 Å². The summed E-state index contributed by atoms with van der Waals surface area (Å²) in [4.78, 5) is 4.54. The Kier molecular flexibility index (Phi) is 3.97. The van der Waals surface area contributed by atoms with Crippen LogP contribution in [-0.4, -0.2) is 24.8 Å². The van der Waals surface area contributed by atoms with E-state index >= 15 is 0 Å². The molecule has 3 rings (SSSR count). The van der Waals surface area contributed by atoms with Crippen LogP contribution in [0.3, 0.4) is 0 Å². The van der Waals surface area contributed by atoms with Crippen LogP contribution in [0.4, 0.5) is 10.8 Å². The molecule has 1 atom stereocenters. The van der Waals surface area contributed by atoms with Gasteiger partial charge in [0.05, 0.1) is 25.5 Å². The average Bonchev–Trinajstić information content (AvgIpc) is 2.97. The van der Waals surface area contributed by atoms with Crippen molar-refractivity contribution in [1.29, 1.82) is 0 Å². The van der Waals surface area contributed by atoms with Crippen molar-refractivity contribution in [2.75, 3.05) is 25.1 Å². The monoisotopic (exact) mass is 286 g/mol. The predicted octanol–water partition coefficient (Wildman–Crippen LogP) is 2.96. The quantitative estimate of drug-likeness (QED) is 0.881. The van der Waals surface area contributed by atoms with Crippen LogP contribution in [0.1, 0.15) is 17.4 Å². The van der Waals surface area contributed by atoms with Gasteiger partial charge in [-0.25, -0.2) is 4.98 Å². The first-order valence-corrected chi connectivity index (χ1v) is 7.21. The van der Waals surface area contributed by atoms with Crippen LogP contribution in [0.2, 0.25) is 0 Å². The lowest BCUT2D eigenvalue weighted by atomic mass is 10.2. The maximum Gasteiger partial charge on any atom is 0.187 e. The Balaban J connectivity index is 1.71. The molecule has 0 spiro atoms. The summed E-state index contributed by atoms with van der Waals surface area (Å²) in [6, 6.07) is 7.69. The highest BCUT2D eigenvalue weighted by atomic mass is 32.1. The van der Waals surface area contributed by atoms with Gasteiger partial charge in [-0.3, -0.25) is 0 Å². The van der Waals surface area contributed by atoms with Gasteiger partial charge in [-0.05, 0) is 18.2 Å². The first-order valence-electron chi connectivity index (χ1n) is 6.33. The Morgan fingerprint density at radius 1 is 1.40 bits per heavy atom. The highest BCUT2D eigenvalue weighted by Gasteiger charge is 2.19. The third kappa shape index (κ3) is 2.99. The third-order valence-electron chi connectivity index (χ3n) is 2.95. The lowest BCUT2D eigenvalue weighted by Gasteiger charge is -2.21. The summed E-state index contributed by atoms with van der Waals surface area (Å²) in [6.07, 6.45) is 5.33. The number of rotatable bonds is 3. The molecule has 0 aliphatic carbocycles. The highest BCUT2D eigenvalue weighted by molar-refractivity contribution is 7.13. The molecule has 1 unspecified atom stereocenters. The zero-order valence-corrected chi connectivity index (χ0v) is 11.7. The van der Waals surface area contributed by atoms with Crippen molar-refractivity contribution in [3.8, 4) is 12.3 Å². The molecule has 5 heteroatoms. The lowest BCUT2D eigenvalue weighted by molar-refractivity contribution is -0.0915. The molecule has 0 amide bonds. The Bertz CT molecular complexity index is 627. The van der Waals surface area contributed by atoms with E-state index in [1.54, 1.807) is 11.3 Å². The summed E-state index contributed by atoms with van der Waals surface area (Å²) in [5.41, 5.74) is 2.68. The van der Waals surface area contributed by atoms with Crippen LogP contribution in [-0.2, 0) is 9.47 Å². The van der Waals surface area contributed by atoms with E-state index in [2.05, 4.69) is 16.2 Å². The predicted molar refractivity (Wildman–Crippen MR) is 79.3 cm³/mol. The molecule has 102 valence electrons. The molecule has 1 aromatic carbocycles. The molecule has 1 aliphatic heterocycles. The summed E-state index contributed by atoms with van der Waals surface area (Å²) in [7, 11) is 0. The zero-order chi connectivity index (χ0) is 13.8. The van der Waals surface area contributed by atoms with Crippen molar-refractivity contribution in [2.45, 2.75) is 6.10 Å². The Morgan fingerprint density at radius 3 is 3.15 bits per heavy atom. The second-order valence-electron chi connectivity index (χ2n) is 4.36. The van der Waals surface area contributed by atoms with Gasteiger partial charge in [0, 0.05) is 16.6 Å². The fourth-order valence-electron chi connectivity index (χ4n) is 1.96. The topological polar surface area (TPSA) is 43.4 Å². The van der Waals surface area contributed by atoms with Gasteiger partial charge in [0.15, 0.2) is 5.13 Å². The number of hydrogen-bond donors (Lipinski definition) is 1. The maximum atomic E-state index is 5.63. The second-order valence-corrected chi connectivity index (χ2v) is 5.22. The van der Waals surface area contributed by atoms with Crippen LogP contribution in [0.5, 0.6) is 0 Å². The van der Waals surface area contributed by atoms with Gasteiger partial charge < -0.3 is 14.8 Å². The fraction of sp³-hybridized carbons (Fsp3) is 0.267. The van der Waals surface area contributed by atoms with Gasteiger partial charge >= 0.3 is 0 Å². The third-order valence-corrected chi connectivity index (χ3v) is 3.72. The molecule has 1 aromatic heterocycles. The molecule has 1 fully saturated rings. The molecule has 1 saturated heterocycles. The number of nitrogens with zero attached hydrogens (tertiary/aromatic N) is 1. The summed E-state index contributed by atoms with van der Waals surface area (Å²) in [5.74, 6) is 2.62. The first kappa shape index (κ1) is 13.1. The summed E-state index contributed by atoms with van der Waals surface area (Å²) in [5, 5.41) is 6.07. The molecule has 2 aromatic rings. The molecular weight excluding hydrogens is 272 g/mol. The number of ether oxygens (including phenoxy) is 2. The maximum absolute atomic E-state index is 5.63. The minimum Gasteiger partial charge on any atom is -0.376 e. The van der Waals surface area contributed by atoms with E-state index in [9.17, 15) is 0 Å². The van der Waals surface area contributed by atoms with Gasteiger partial charge in [-0.2, -0.15) is 0 Å². The van der Waals surface area contributed by atoms with E-state index in [0.29, 0.717) is 19.8 Å². The van der Waals surface area contributed by atoms with Crippen molar-refractivity contribution >= 4 is 22.2 Å².